The van der Waals surface area contributed by atoms with Gasteiger partial charge in [-0.05, 0) is 118 Å². The van der Waals surface area contributed by atoms with Gasteiger partial charge in [0.2, 0.25) is 0 Å². The number of azide groups is 4. The average Bonchev–Trinajstić information content (AvgIpc) is 1.64. The van der Waals surface area contributed by atoms with Gasteiger partial charge >= 0.3 is 45.3 Å². The Morgan fingerprint density at radius 3 is 1.37 bits per heavy atom. The van der Waals surface area contributed by atoms with E-state index in [-0.39, 0.29) is 59.7 Å². The smallest absolute Gasteiger partial charge is 0.462 e. The maximum absolute atomic E-state index is 15.7. The Labute approximate surface area is 795 Å². The lowest BCUT2D eigenvalue weighted by Gasteiger charge is -2.35. The number of aryl methyl sites for hydroxylation is 1. The lowest BCUT2D eigenvalue weighted by molar-refractivity contribution is -0.180. The topological polar surface area (TPSA) is 693 Å². The minimum absolute atomic E-state index is 0.0154. The minimum atomic E-state index is -4.44. The predicted octanol–water partition coefficient (Wildman–Crippen LogP) is 8.32. The molecule has 1 aromatic carbocycles. The Morgan fingerprint density at radius 1 is 0.568 bits per heavy atom. The number of ether oxygens (including phenoxy) is 9. The third-order valence-electron chi connectivity index (χ3n) is 23.4. The van der Waals surface area contributed by atoms with Crippen LogP contribution in [0.5, 0.6) is 5.75 Å². The normalized spacial score (nSPS) is 30.3. The van der Waals surface area contributed by atoms with Crippen molar-refractivity contribution in [2.75, 3.05) is 52.6 Å². The number of phosphoric acid groups is 1. The number of nitrogens with two attached hydrogens (primary N) is 3. The molecule has 139 heavy (non-hydrogen) atoms. The van der Waals surface area contributed by atoms with Crippen LogP contribution < -0.4 is 42.5 Å². The number of aliphatic hydroxyl groups is 3. The zero-order valence-corrected chi connectivity index (χ0v) is 79.5. The molecule has 0 aromatic heterocycles. The molecule has 762 valence electrons. The van der Waals surface area contributed by atoms with E-state index in [1.807, 2.05) is 0 Å². The molecule has 4 saturated heterocycles. The average molecular weight is 2000 g/mol. The SMILES string of the molecule is C=C1N=C(N)C=CN1[C@@H]1O[C@](CN=[N+]=[N-])(COC(=O)C(C)C)[C@@H](OC(=O)C(C)C)[C@H]1F.C=C1N=C(N)C=CN1[C@@H]1O[C@](CN=[N+]=[N-])(COC(=O)C(N)C(C)C)[C@@H](O)[C@H]1F.C=C1NC(=O)C=CN1[C@@H]1O[C@](CN=[N+]=[N-])(COP(=O)(NC(C)C(=O)OC2CCCCC2)NC(C)C(=O)OC2CCCCC2)[C@@H](O)[C@H]1F.C=C1NC(=O)C=CN1[C@@H]1O[C@](CN=[N+]=[N-])(COP2(=O)OCc3cccc(C)c3O2)[C@@H](O)[C@H]1F. The third-order valence-corrected chi connectivity index (χ3v) is 26.7. The van der Waals surface area contributed by atoms with Gasteiger partial charge in [-0.2, -0.15) is 0 Å². The molecule has 0 spiro atoms. The number of benzene rings is 1. The molecule has 12 rings (SSSR count). The van der Waals surface area contributed by atoms with E-state index in [4.69, 9.17) is 100 Å². The number of phosphoric ester groups is 1. The molecule has 0 radical (unpaired) electrons. The molecule has 11 aliphatic rings. The van der Waals surface area contributed by atoms with Gasteiger partial charge in [0.05, 0.1) is 57.8 Å². The van der Waals surface area contributed by atoms with Gasteiger partial charge in [0.15, 0.2) is 61.3 Å². The van der Waals surface area contributed by atoms with Crippen LogP contribution in [0.15, 0.2) is 147 Å². The minimum Gasteiger partial charge on any atom is -0.462 e. The summed E-state index contributed by atoms with van der Waals surface area (Å²) in [5.74, 6) is -4.72. The standard InChI is InChI=1S/C29H45FN7O9P.C19H27FN6O5.C19H21FN5O7P.C16H24FN7O4/c1-18(27(40)44-21-10-6-4-7-11-21)34-47(42,35-19(2)28(41)45-22-12-8-5-9-13-22)43-17-29(16-32-36-31)25(39)24(30)26(46-29)37-15-14-23(38)33-20(37)3;1-10(2)17(27)29-9-19(8-23-25-22)15(30-18(28)11(3)4)14(20)16(31-19)26-7-6-13(21)24-12(26)5;1-11-4-3-5-13-8-29-33(28,32-16(11)13)30-10-19(9-22-24-21)17(27)15(20)18(31-19)25-7-6-14(26)23-12(25)2;1-8(2)12(19)15(26)27-7-16(6-21-23-20)13(25)11(17)14(28-16)24-5-4-10(18)22-9(24)3/h14-15,18-19,21-22,24-26,39H,3-13,16-17H2,1-2H3,(H,33,38)(H2,34,35,42);6-7,10-11,14-16H,5,8-9H2,1-4H3,(H2,21,24);3-7,15,17-18,27H,2,8-10H2,1H3,(H,23,26);4-5,8,11-14,25H,3,6-7,19H2,1-2H3,(H2,18,22)/t18?,19?,24-,25+,26-,29-,47?;14-,15+,16-,19-;15-,17+,18-,19-,33?;11-,12?,13+,14-,16-/m1111/s1. The molecule has 6 fully saturated rings. The van der Waals surface area contributed by atoms with E-state index in [1.54, 1.807) is 66.7 Å². The Hall–Kier alpha value is -11.7. The van der Waals surface area contributed by atoms with E-state index in [1.165, 1.54) is 65.5 Å². The molecule has 13 N–H and O–H groups in total. The molecule has 4 unspecified atom stereocenters. The molecule has 50 nitrogen and oxygen atoms in total. The maximum Gasteiger partial charge on any atom is 0.530 e. The monoisotopic (exact) mass is 2000 g/mol. The fraction of sp³-hybridized carbons (Fsp3) is 0.627. The summed E-state index contributed by atoms with van der Waals surface area (Å²) in [6.07, 6.45) is -2.45. The molecule has 2 saturated carbocycles. The summed E-state index contributed by atoms with van der Waals surface area (Å²) in [7, 11) is -8.61. The van der Waals surface area contributed by atoms with Crippen LogP contribution >= 0.6 is 15.5 Å². The molecule has 1 aromatic rings. The Balaban J connectivity index is 0.000000212. The van der Waals surface area contributed by atoms with E-state index in [2.05, 4.69) is 97.2 Å². The number of nitrogens with zero attached hydrogens (tertiary/aromatic N) is 18. The summed E-state index contributed by atoms with van der Waals surface area (Å²) in [6, 6.07) is 2.02. The van der Waals surface area contributed by atoms with Crippen LogP contribution in [0.25, 0.3) is 41.8 Å². The molecule has 2 aliphatic carbocycles. The van der Waals surface area contributed by atoms with Crippen LogP contribution in [-0.2, 0) is 106 Å². The van der Waals surface area contributed by atoms with Gasteiger partial charge in [0.25, 0.3) is 11.8 Å². The van der Waals surface area contributed by atoms with Crippen molar-refractivity contribution in [3.8, 4) is 5.75 Å². The first-order valence-electron chi connectivity index (χ1n) is 44.1. The number of amides is 2. The van der Waals surface area contributed by atoms with Gasteiger partial charge in [-0.1, -0.05) is 119 Å². The number of carbonyl (C=O) groups is 7. The highest BCUT2D eigenvalue weighted by atomic mass is 31.2. The summed E-state index contributed by atoms with van der Waals surface area (Å²) in [6.45, 7) is 24.5. The first-order chi connectivity index (χ1) is 65.7. The summed E-state index contributed by atoms with van der Waals surface area (Å²) >= 11 is 0. The van der Waals surface area contributed by atoms with Crippen LogP contribution in [0.1, 0.15) is 131 Å². The number of amidine groups is 2. The van der Waals surface area contributed by atoms with Crippen molar-refractivity contribution in [2.24, 2.45) is 65.4 Å². The van der Waals surface area contributed by atoms with Crippen molar-refractivity contribution in [1.29, 1.82) is 0 Å². The van der Waals surface area contributed by atoms with E-state index in [9.17, 15) is 62.4 Å². The number of fused-ring (bicyclic) bond motifs is 1. The second-order valence-corrected chi connectivity index (χ2v) is 38.3. The van der Waals surface area contributed by atoms with Crippen LogP contribution in [0.4, 0.5) is 17.6 Å². The summed E-state index contributed by atoms with van der Waals surface area (Å²) in [5, 5.41) is 56.0. The molecule has 56 heteroatoms. The second-order valence-electron chi connectivity index (χ2n) is 34.9. The van der Waals surface area contributed by atoms with Gasteiger partial charge in [0.1, 0.15) is 119 Å². The second kappa shape index (κ2) is 48.9. The van der Waals surface area contributed by atoms with Gasteiger partial charge in [0, 0.05) is 62.2 Å². The van der Waals surface area contributed by atoms with Gasteiger partial charge in [-0.3, -0.25) is 47.2 Å². The quantitative estimate of drug-likeness (QED) is 0.00580. The first kappa shape index (κ1) is 111. The number of nitrogens with one attached hydrogen (secondary N) is 4. The number of aliphatic imine (C=N–C) groups is 2. The summed E-state index contributed by atoms with van der Waals surface area (Å²) in [5.41, 5.74) is 46.1. The molecule has 20 atom stereocenters. The van der Waals surface area contributed by atoms with E-state index in [0.717, 1.165) is 55.6 Å². The lowest BCUT2D eigenvalue weighted by atomic mass is 9.96. The fourth-order valence-electron chi connectivity index (χ4n) is 15.5. The van der Waals surface area contributed by atoms with Gasteiger partial charge in [-0.15, -0.1) is 0 Å². The number of aliphatic hydroxyl groups excluding tert-OH is 3. The lowest BCUT2D eigenvalue weighted by Crippen LogP contribution is -2.52. The van der Waals surface area contributed by atoms with E-state index < -0.39 is 236 Å². The number of esters is 5. The fourth-order valence-corrected chi connectivity index (χ4v) is 18.7. The third kappa shape index (κ3) is 27.7. The van der Waals surface area contributed by atoms with Crippen molar-refractivity contribution in [2.45, 2.75) is 260 Å². The summed E-state index contributed by atoms with van der Waals surface area (Å²) in [4.78, 5) is 109. The van der Waals surface area contributed by atoms with Crippen molar-refractivity contribution in [3.63, 3.8) is 0 Å². The molecule has 9 aliphatic heterocycles. The van der Waals surface area contributed by atoms with Gasteiger partial charge in [-0.25, -0.2) is 42.3 Å². The Bertz CT molecular complexity index is 5160. The van der Waals surface area contributed by atoms with Crippen LogP contribution in [0.2, 0.25) is 0 Å². The number of hydrogen-bond donors (Lipinski definition) is 10. The van der Waals surface area contributed by atoms with Crippen molar-refractivity contribution < 1.29 is 136 Å². The van der Waals surface area contributed by atoms with Crippen LogP contribution in [0.3, 0.4) is 0 Å². The maximum atomic E-state index is 15.7. The van der Waals surface area contributed by atoms with Crippen molar-refractivity contribution in [3.05, 3.63) is 170 Å². The Morgan fingerprint density at radius 2 is 0.957 bits per heavy atom. The Kier molecular flexibility index (Phi) is 39.0. The molecule has 0 bridgehead atoms. The number of rotatable bonds is 35. The molecular weight excluding hydrogens is 1890 g/mol. The van der Waals surface area contributed by atoms with E-state index >= 15 is 13.2 Å². The van der Waals surface area contributed by atoms with Crippen molar-refractivity contribution in [1.82, 2.24) is 40.4 Å². The largest absolute Gasteiger partial charge is 0.530 e. The number of carbonyl (C=O) groups excluding carboxylic acids is 7. The number of para-hydroxylation sites is 1. The highest BCUT2D eigenvalue weighted by molar-refractivity contribution is 7.54. The van der Waals surface area contributed by atoms with Crippen LogP contribution in [-0.4, -0.2) is 268 Å². The van der Waals surface area contributed by atoms with Crippen molar-refractivity contribution >= 4 is 68.8 Å². The highest BCUT2D eigenvalue weighted by Gasteiger charge is 2.64. The number of halogens is 4. The van der Waals surface area contributed by atoms with Crippen LogP contribution in [0, 0.1) is 24.7 Å². The zero-order chi connectivity index (χ0) is 102. The van der Waals surface area contributed by atoms with E-state index in [0.29, 0.717) is 42.6 Å². The number of hydrogen-bond acceptors (Lipinski definition) is 38. The first-order valence-corrected chi connectivity index (χ1v) is 47.2. The molecular formula is C83H117F4N25O25P2. The predicted molar refractivity (Wildman–Crippen MR) is 483 cm³/mol. The highest BCUT2D eigenvalue weighted by Crippen LogP contribution is 2.57. The molecule has 2 amide bonds. The van der Waals surface area contributed by atoms with Gasteiger partial charge < -0.3 is 114 Å². The zero-order valence-electron chi connectivity index (χ0n) is 77.7. The summed E-state index contributed by atoms with van der Waals surface area (Å²) < 4.78 is 161. The number of alkyl halides is 4. The molecule has 9 heterocycles.